The summed E-state index contributed by atoms with van der Waals surface area (Å²) >= 11 is 1.51. The van der Waals surface area contributed by atoms with E-state index >= 15 is 0 Å². The number of benzene rings is 2. The average Bonchev–Trinajstić information content (AvgIpc) is 3.24. The molecular weight excluding hydrogens is 450 g/mol. The van der Waals surface area contributed by atoms with E-state index < -0.39 is 0 Å². The summed E-state index contributed by atoms with van der Waals surface area (Å²) in [4.78, 5) is 0. The van der Waals surface area contributed by atoms with Crippen molar-refractivity contribution >= 4 is 3.71 Å². The molecule has 0 heterocycles. The molecule has 3 heteroatoms. The van der Waals surface area contributed by atoms with Gasteiger partial charge in [-0.3, -0.25) is 0 Å². The Morgan fingerprint density at radius 1 is 0.926 bits per heavy atom. The molecule has 0 aromatic heterocycles. The Bertz CT molecular complexity index is 756. The van der Waals surface area contributed by atoms with Crippen molar-refractivity contribution in [3.63, 3.8) is 0 Å². The molecule has 0 nitrogen and oxygen atoms in total. The van der Waals surface area contributed by atoms with Gasteiger partial charge in [-0.15, -0.1) is 5.56 Å². The Labute approximate surface area is 191 Å². The number of fused-ring (bicyclic) bond motifs is 3. The number of rotatable bonds is 0. The molecule has 0 saturated heterocycles. The predicted octanol–water partition coefficient (Wildman–Crippen LogP) is 0.124. The second kappa shape index (κ2) is 12.6. The van der Waals surface area contributed by atoms with Gasteiger partial charge in [0.15, 0.2) is 0 Å². The summed E-state index contributed by atoms with van der Waals surface area (Å²) in [5.41, 5.74) is 7.25. The molecule has 142 valence electrons. The zero-order valence-corrected chi connectivity index (χ0v) is 20.4. The van der Waals surface area contributed by atoms with Crippen LogP contribution in [-0.4, -0.2) is 3.71 Å². The van der Waals surface area contributed by atoms with Crippen molar-refractivity contribution in [3.05, 3.63) is 89.5 Å². The van der Waals surface area contributed by atoms with Crippen molar-refractivity contribution in [2.24, 2.45) is 0 Å². The third kappa shape index (κ3) is 7.57. The van der Waals surface area contributed by atoms with Crippen LogP contribution in [0.2, 0.25) is 0 Å². The van der Waals surface area contributed by atoms with Gasteiger partial charge in [-0.1, -0.05) is 61.6 Å². The van der Waals surface area contributed by atoms with Crippen LogP contribution >= 0.6 is 0 Å². The van der Waals surface area contributed by atoms with Crippen molar-refractivity contribution in [2.45, 2.75) is 39.5 Å². The molecule has 1 aliphatic carbocycles. The van der Waals surface area contributed by atoms with Gasteiger partial charge < -0.3 is 24.8 Å². The van der Waals surface area contributed by atoms with E-state index in [1.807, 2.05) is 13.0 Å². The first kappa shape index (κ1) is 26.1. The molecule has 27 heavy (non-hydrogen) atoms. The maximum Gasteiger partial charge on any atom is -0.0253 e. The maximum absolute atomic E-state index is 3.30. The van der Waals surface area contributed by atoms with E-state index in [-0.39, 0.29) is 24.8 Å². The van der Waals surface area contributed by atoms with E-state index in [1.54, 1.807) is 0 Å². The Morgan fingerprint density at radius 2 is 1.48 bits per heavy atom. The Hall–Kier alpha value is -0.877. The van der Waals surface area contributed by atoms with Crippen molar-refractivity contribution < 1.29 is 49.0 Å². The van der Waals surface area contributed by atoms with E-state index in [4.69, 9.17) is 0 Å². The van der Waals surface area contributed by atoms with Crippen LogP contribution in [0.5, 0.6) is 0 Å². The van der Waals surface area contributed by atoms with Crippen LogP contribution in [-0.2, 0) is 36.1 Å². The summed E-state index contributed by atoms with van der Waals surface area (Å²) in [7, 11) is 0. The molecule has 0 N–H and O–H groups in total. The Kier molecular flexibility index (Phi) is 12.1. The fraction of sp³-hybridized carbons (Fsp3) is 0.250. The van der Waals surface area contributed by atoms with Gasteiger partial charge in [-0.05, 0) is 6.42 Å². The number of hydrogen-bond acceptors (Lipinski definition) is 0. The second-order valence-electron chi connectivity index (χ2n) is 7.11. The minimum atomic E-state index is 0. The molecule has 3 aromatic rings. The fourth-order valence-electron chi connectivity index (χ4n) is 2.87. The molecule has 0 amide bonds. The maximum atomic E-state index is 3.30. The first-order valence-electron chi connectivity index (χ1n) is 8.72. The summed E-state index contributed by atoms with van der Waals surface area (Å²) in [5.74, 6) is 0. The van der Waals surface area contributed by atoms with Gasteiger partial charge >= 0.3 is 34.9 Å². The summed E-state index contributed by atoms with van der Waals surface area (Å²) in [5, 5.41) is 0. The van der Waals surface area contributed by atoms with Crippen LogP contribution < -0.4 is 24.8 Å². The van der Waals surface area contributed by atoms with Crippen LogP contribution in [0.3, 0.4) is 0 Å². The molecule has 0 spiro atoms. The molecular formula is C24H26Cl2Zr-2. The van der Waals surface area contributed by atoms with Crippen molar-refractivity contribution in [2.75, 3.05) is 0 Å². The molecule has 4 rings (SSSR count). The Balaban J connectivity index is 0.000000430. The van der Waals surface area contributed by atoms with Crippen LogP contribution in [0.4, 0.5) is 0 Å². The van der Waals surface area contributed by atoms with Crippen molar-refractivity contribution in [1.29, 1.82) is 0 Å². The quantitative estimate of drug-likeness (QED) is 0.317. The minimum absolute atomic E-state index is 0. The second-order valence-corrected chi connectivity index (χ2v) is 8.53. The smallest absolute Gasteiger partial charge is 0.0253 e. The topological polar surface area (TPSA) is 0 Å². The van der Waals surface area contributed by atoms with Crippen LogP contribution in [0.1, 0.15) is 44.4 Å². The monoisotopic (exact) mass is 474 g/mol. The largest absolute Gasteiger partial charge is 1.00 e. The summed E-state index contributed by atoms with van der Waals surface area (Å²) < 4.78 is 2.09. The average molecular weight is 477 g/mol. The Morgan fingerprint density at radius 3 is 2.04 bits per heavy atom. The molecule has 3 aromatic carbocycles. The summed E-state index contributed by atoms with van der Waals surface area (Å²) in [6, 6.07) is 26.6. The SMILES string of the molecule is CC(C)(C)[c-]1cccc1.C[CH]=[Zr+2].[Cl-].[Cl-].[c-]1cccc2c1Cc1ccccc1-2. The predicted molar refractivity (Wildman–Crippen MR) is 106 cm³/mol. The van der Waals surface area contributed by atoms with Crippen LogP contribution in [0.15, 0.2) is 66.7 Å². The van der Waals surface area contributed by atoms with Gasteiger partial charge in [0.2, 0.25) is 0 Å². The zero-order valence-electron chi connectivity index (χ0n) is 16.4. The van der Waals surface area contributed by atoms with Gasteiger partial charge in [-0.2, -0.15) is 47.5 Å². The molecule has 0 atom stereocenters. The molecule has 0 unspecified atom stereocenters. The first-order valence-corrected chi connectivity index (χ1v) is 10.1. The molecule has 0 fully saturated rings. The van der Waals surface area contributed by atoms with Crippen molar-refractivity contribution in [1.82, 2.24) is 0 Å². The first-order chi connectivity index (χ1) is 12.0. The van der Waals surface area contributed by atoms with Gasteiger partial charge in [0, 0.05) is 0 Å². The third-order valence-corrected chi connectivity index (χ3v) is 4.15. The van der Waals surface area contributed by atoms with Gasteiger partial charge in [0.05, 0.1) is 0 Å². The fourth-order valence-corrected chi connectivity index (χ4v) is 2.87. The third-order valence-electron chi connectivity index (χ3n) is 4.15. The standard InChI is InChI=1S/C13H9.C9H13.C2H4.2ClH.Zr/c1-3-7-12-10(5-1)9-11-6-2-4-8-13(11)12;1-9(2,3)8-6-4-5-7-8;1-2;;;/h1-5,7-8H,9H2;4-7H,1-3H3;1H,2H3;2*1H;/q2*-1;;;;+2/p-2. The number of halogens is 2. The van der Waals surface area contributed by atoms with E-state index in [0.717, 1.165) is 6.42 Å². The van der Waals surface area contributed by atoms with Gasteiger partial charge in [0.25, 0.3) is 0 Å². The van der Waals surface area contributed by atoms with E-state index in [9.17, 15) is 0 Å². The molecule has 0 aliphatic heterocycles. The normalized spacial score (nSPS) is 10.4. The summed E-state index contributed by atoms with van der Waals surface area (Å²) in [6.07, 6.45) is 1.05. The molecule has 0 saturated carbocycles. The molecule has 0 bridgehead atoms. The van der Waals surface area contributed by atoms with Crippen LogP contribution in [0, 0.1) is 6.07 Å². The summed E-state index contributed by atoms with van der Waals surface area (Å²) in [6.45, 7) is 8.71. The number of hydrogen-bond donors (Lipinski definition) is 0. The molecule has 0 radical (unpaired) electrons. The van der Waals surface area contributed by atoms with Gasteiger partial charge in [-0.25, -0.2) is 12.1 Å². The van der Waals surface area contributed by atoms with Crippen LogP contribution in [0.25, 0.3) is 11.1 Å². The minimum Gasteiger partial charge on any atom is -1.00 e. The molecule has 1 aliphatic rings. The van der Waals surface area contributed by atoms with E-state index in [1.165, 1.54) is 52.1 Å². The van der Waals surface area contributed by atoms with Crippen molar-refractivity contribution in [3.8, 4) is 11.1 Å². The van der Waals surface area contributed by atoms with E-state index in [2.05, 4.69) is 91.2 Å². The van der Waals surface area contributed by atoms with Gasteiger partial charge in [0.1, 0.15) is 0 Å². The zero-order chi connectivity index (χ0) is 18.3. The van der Waals surface area contributed by atoms with E-state index in [0.29, 0.717) is 5.41 Å².